The Morgan fingerprint density at radius 2 is 1.37 bits per heavy atom. The highest BCUT2D eigenvalue weighted by Gasteiger charge is 2.13. The van der Waals surface area contributed by atoms with Gasteiger partial charge in [-0.2, -0.15) is 5.10 Å². The van der Waals surface area contributed by atoms with Gasteiger partial charge in [0.25, 0.3) is 5.91 Å². The van der Waals surface area contributed by atoms with Gasteiger partial charge in [0.05, 0.1) is 32.1 Å². The molecule has 0 aliphatic carbocycles. The van der Waals surface area contributed by atoms with Crippen molar-refractivity contribution in [2.24, 2.45) is 5.10 Å². The maximum Gasteiger partial charge on any atom is 0.343 e. The molecule has 0 heterocycles. The summed E-state index contributed by atoms with van der Waals surface area (Å²) in [5.74, 6) is 1.19. The van der Waals surface area contributed by atoms with E-state index in [0.29, 0.717) is 41.4 Å². The summed E-state index contributed by atoms with van der Waals surface area (Å²) >= 11 is 0. The Morgan fingerprint density at radius 3 is 1.92 bits per heavy atom. The molecule has 0 spiro atoms. The molecule has 3 aromatic rings. The van der Waals surface area contributed by atoms with Crippen LogP contribution in [0, 0.1) is 0 Å². The van der Waals surface area contributed by atoms with E-state index in [1.807, 2.05) is 0 Å². The predicted octanol–water partition coefficient (Wildman–Crippen LogP) is 6.04. The molecule has 200 valence electrons. The number of amides is 1. The Bertz CT molecular complexity index is 1210. The van der Waals surface area contributed by atoms with Crippen molar-refractivity contribution in [1.29, 1.82) is 0 Å². The number of ether oxygens (including phenoxy) is 4. The fourth-order valence-corrected chi connectivity index (χ4v) is 3.30. The van der Waals surface area contributed by atoms with Crippen molar-refractivity contribution in [3.05, 3.63) is 83.4 Å². The minimum atomic E-state index is -0.515. The van der Waals surface area contributed by atoms with Gasteiger partial charge in [-0.1, -0.05) is 26.7 Å². The monoisotopic (exact) mass is 518 g/mol. The number of carbonyl (C=O) groups is 2. The molecule has 0 fully saturated rings. The SMILES string of the molecule is CCCCOc1ccc(C(=O)NN=Cc2ccc(OC(=O)c3ccc(OCCCC)cc3)c(OC)c2)cc1. The van der Waals surface area contributed by atoms with Gasteiger partial charge < -0.3 is 18.9 Å². The molecule has 3 rings (SSSR count). The van der Waals surface area contributed by atoms with Crippen molar-refractivity contribution in [2.75, 3.05) is 20.3 Å². The van der Waals surface area contributed by atoms with E-state index in [2.05, 4.69) is 24.4 Å². The van der Waals surface area contributed by atoms with Gasteiger partial charge in [0.2, 0.25) is 0 Å². The number of methoxy groups -OCH3 is 1. The Hall–Kier alpha value is -4.33. The zero-order valence-corrected chi connectivity index (χ0v) is 22.1. The number of hydrogen-bond donors (Lipinski definition) is 1. The second kappa shape index (κ2) is 15.0. The van der Waals surface area contributed by atoms with Crippen LogP contribution in [0.2, 0.25) is 0 Å². The van der Waals surface area contributed by atoms with Crippen LogP contribution in [0.4, 0.5) is 0 Å². The number of rotatable bonds is 14. The molecule has 0 saturated carbocycles. The van der Waals surface area contributed by atoms with Crippen molar-refractivity contribution in [2.45, 2.75) is 39.5 Å². The molecule has 0 unspecified atom stereocenters. The van der Waals surface area contributed by atoms with Crippen LogP contribution in [0.3, 0.4) is 0 Å². The van der Waals surface area contributed by atoms with Gasteiger partial charge in [-0.25, -0.2) is 10.2 Å². The van der Waals surface area contributed by atoms with E-state index in [1.54, 1.807) is 66.7 Å². The number of esters is 1. The molecule has 0 aliphatic rings. The van der Waals surface area contributed by atoms with Gasteiger partial charge >= 0.3 is 5.97 Å². The zero-order chi connectivity index (χ0) is 27.2. The normalized spacial score (nSPS) is 10.7. The van der Waals surface area contributed by atoms with Crippen LogP contribution in [-0.4, -0.2) is 38.4 Å². The topological polar surface area (TPSA) is 95.5 Å². The third kappa shape index (κ3) is 8.65. The fraction of sp³-hybridized carbons (Fsp3) is 0.300. The average molecular weight is 519 g/mol. The Labute approximate surface area is 223 Å². The van der Waals surface area contributed by atoms with Crippen molar-refractivity contribution in [3.63, 3.8) is 0 Å². The highest BCUT2D eigenvalue weighted by molar-refractivity contribution is 5.95. The highest BCUT2D eigenvalue weighted by Crippen LogP contribution is 2.28. The lowest BCUT2D eigenvalue weighted by Gasteiger charge is -2.10. The molecule has 3 aromatic carbocycles. The molecule has 8 nitrogen and oxygen atoms in total. The summed E-state index contributed by atoms with van der Waals surface area (Å²) in [7, 11) is 1.48. The standard InChI is InChI=1S/C30H34N2O6/c1-4-6-18-36-25-13-9-23(10-14-25)29(33)32-31-21-22-8-17-27(28(20-22)35-3)38-30(34)24-11-15-26(16-12-24)37-19-7-5-2/h8-17,20-21H,4-7,18-19H2,1-3H3,(H,32,33). The maximum atomic E-state index is 12.6. The first-order valence-electron chi connectivity index (χ1n) is 12.7. The van der Waals surface area contributed by atoms with E-state index < -0.39 is 5.97 Å². The lowest BCUT2D eigenvalue weighted by atomic mass is 10.2. The Balaban J connectivity index is 1.55. The van der Waals surface area contributed by atoms with E-state index in [-0.39, 0.29) is 11.7 Å². The van der Waals surface area contributed by atoms with Crippen molar-refractivity contribution in [1.82, 2.24) is 5.43 Å². The molecule has 38 heavy (non-hydrogen) atoms. The van der Waals surface area contributed by atoms with Crippen LogP contribution in [0.15, 0.2) is 71.8 Å². The molecule has 8 heteroatoms. The average Bonchev–Trinajstić information content (AvgIpc) is 2.94. The van der Waals surface area contributed by atoms with Gasteiger partial charge in [-0.05, 0) is 85.1 Å². The second-order valence-corrected chi connectivity index (χ2v) is 8.45. The zero-order valence-electron chi connectivity index (χ0n) is 22.1. The maximum absolute atomic E-state index is 12.6. The third-order valence-electron chi connectivity index (χ3n) is 5.51. The molecule has 1 N–H and O–H groups in total. The summed E-state index contributed by atoms with van der Waals surface area (Å²) in [6.45, 7) is 5.48. The minimum Gasteiger partial charge on any atom is -0.494 e. The van der Waals surface area contributed by atoms with Crippen LogP contribution in [0.1, 0.15) is 65.8 Å². The Kier molecular flexibility index (Phi) is 11.2. The molecule has 0 atom stereocenters. The smallest absolute Gasteiger partial charge is 0.343 e. The van der Waals surface area contributed by atoms with Crippen molar-refractivity contribution in [3.8, 4) is 23.0 Å². The van der Waals surface area contributed by atoms with E-state index in [1.165, 1.54) is 13.3 Å². The van der Waals surface area contributed by atoms with Gasteiger partial charge in [-0.3, -0.25) is 4.79 Å². The first kappa shape index (κ1) is 28.2. The molecule has 1 amide bonds. The van der Waals surface area contributed by atoms with Crippen molar-refractivity contribution >= 4 is 18.1 Å². The summed E-state index contributed by atoms with van der Waals surface area (Å²) in [5.41, 5.74) is 4.00. The Morgan fingerprint density at radius 1 is 0.789 bits per heavy atom. The summed E-state index contributed by atoms with van der Waals surface area (Å²) in [6.07, 6.45) is 5.54. The van der Waals surface area contributed by atoms with Crippen molar-refractivity contribution < 1.29 is 28.5 Å². The summed E-state index contributed by atoms with van der Waals surface area (Å²) in [6, 6.07) is 18.7. The summed E-state index contributed by atoms with van der Waals surface area (Å²) < 4.78 is 22.1. The first-order chi connectivity index (χ1) is 18.5. The van der Waals surface area contributed by atoms with E-state index in [0.717, 1.165) is 31.4 Å². The summed E-state index contributed by atoms with van der Waals surface area (Å²) in [5, 5.41) is 4.02. The second-order valence-electron chi connectivity index (χ2n) is 8.45. The molecule has 0 aliphatic heterocycles. The van der Waals surface area contributed by atoms with Crippen LogP contribution >= 0.6 is 0 Å². The van der Waals surface area contributed by atoms with Crippen LogP contribution in [0.5, 0.6) is 23.0 Å². The van der Waals surface area contributed by atoms with Crippen LogP contribution in [0.25, 0.3) is 0 Å². The predicted molar refractivity (Wildman–Crippen MR) is 147 cm³/mol. The number of benzene rings is 3. The number of carbonyl (C=O) groups excluding carboxylic acids is 2. The van der Waals surface area contributed by atoms with Gasteiger partial charge in [0.1, 0.15) is 11.5 Å². The van der Waals surface area contributed by atoms with Gasteiger partial charge in [-0.15, -0.1) is 0 Å². The minimum absolute atomic E-state index is 0.267. The number of nitrogens with zero attached hydrogens (tertiary/aromatic N) is 1. The fourth-order valence-electron chi connectivity index (χ4n) is 3.30. The first-order valence-corrected chi connectivity index (χ1v) is 12.7. The number of hydrazone groups is 1. The summed E-state index contributed by atoms with van der Waals surface area (Å²) in [4.78, 5) is 25.0. The molecule has 0 radical (unpaired) electrons. The van der Waals surface area contributed by atoms with E-state index in [9.17, 15) is 9.59 Å². The molecule has 0 saturated heterocycles. The molecule has 0 bridgehead atoms. The van der Waals surface area contributed by atoms with E-state index >= 15 is 0 Å². The molecular formula is C30H34N2O6. The highest BCUT2D eigenvalue weighted by atomic mass is 16.6. The molecule has 0 aromatic heterocycles. The van der Waals surface area contributed by atoms with E-state index in [4.69, 9.17) is 18.9 Å². The lowest BCUT2D eigenvalue weighted by Crippen LogP contribution is -2.17. The quantitative estimate of drug-likeness (QED) is 0.0920. The lowest BCUT2D eigenvalue weighted by molar-refractivity contribution is 0.0729. The van der Waals surface area contributed by atoms with Gasteiger partial charge in [0.15, 0.2) is 11.5 Å². The van der Waals surface area contributed by atoms with Crippen LogP contribution < -0.4 is 24.4 Å². The largest absolute Gasteiger partial charge is 0.494 e. The van der Waals surface area contributed by atoms with Gasteiger partial charge in [0, 0.05) is 5.56 Å². The number of nitrogens with one attached hydrogen (secondary N) is 1. The third-order valence-corrected chi connectivity index (χ3v) is 5.51. The number of hydrogen-bond acceptors (Lipinski definition) is 7. The number of unbranched alkanes of at least 4 members (excludes halogenated alkanes) is 2. The van der Waals surface area contributed by atoms with Crippen LogP contribution in [-0.2, 0) is 0 Å². The molecular weight excluding hydrogens is 484 g/mol.